The summed E-state index contributed by atoms with van der Waals surface area (Å²) in [4.78, 5) is 24.2. The highest BCUT2D eigenvalue weighted by molar-refractivity contribution is 6.31. The van der Waals surface area contributed by atoms with Gasteiger partial charge in [-0.1, -0.05) is 18.5 Å². The molecule has 0 saturated carbocycles. The Morgan fingerprint density at radius 2 is 1.95 bits per heavy atom. The molecule has 0 radical (unpaired) electrons. The normalized spacial score (nSPS) is 17.4. The second kappa shape index (κ2) is 6.13. The van der Waals surface area contributed by atoms with Crippen molar-refractivity contribution in [2.24, 2.45) is 0 Å². The lowest BCUT2D eigenvalue weighted by molar-refractivity contribution is 0.129. The maximum atomic E-state index is 12.1. The van der Waals surface area contributed by atoms with Gasteiger partial charge in [0.25, 0.3) is 5.56 Å². The Bertz CT molecular complexity index is 692. The molecule has 1 N–H and O–H groups in total. The zero-order valence-electron chi connectivity index (χ0n) is 12.1. The summed E-state index contributed by atoms with van der Waals surface area (Å²) < 4.78 is 0. The Hall–Kier alpha value is -1.43. The molecule has 6 heteroatoms. The molecule has 3 rings (SSSR count). The summed E-state index contributed by atoms with van der Waals surface area (Å²) in [6, 6.07) is 5.17. The van der Waals surface area contributed by atoms with Gasteiger partial charge < -0.3 is 9.88 Å². The average Bonchev–Trinajstić information content (AvgIpc) is 2.47. The van der Waals surface area contributed by atoms with E-state index in [0.29, 0.717) is 28.3 Å². The van der Waals surface area contributed by atoms with Crippen LogP contribution in [0.1, 0.15) is 12.7 Å². The third-order valence-electron chi connectivity index (χ3n) is 4.00. The van der Waals surface area contributed by atoms with Crippen LogP contribution in [0.4, 0.5) is 0 Å². The monoisotopic (exact) mass is 306 g/mol. The Balaban J connectivity index is 1.80. The van der Waals surface area contributed by atoms with Crippen molar-refractivity contribution in [2.45, 2.75) is 13.5 Å². The van der Waals surface area contributed by atoms with Crippen LogP contribution < -0.4 is 5.56 Å². The maximum absolute atomic E-state index is 12.1. The molecule has 0 spiro atoms. The van der Waals surface area contributed by atoms with E-state index < -0.39 is 0 Å². The van der Waals surface area contributed by atoms with Crippen LogP contribution in [0.15, 0.2) is 23.0 Å². The number of aromatic nitrogens is 2. The first-order valence-electron chi connectivity index (χ1n) is 7.29. The quantitative estimate of drug-likeness (QED) is 0.938. The van der Waals surface area contributed by atoms with E-state index in [1.807, 2.05) is 0 Å². The smallest absolute Gasteiger partial charge is 0.258 e. The first-order chi connectivity index (χ1) is 10.2. The zero-order valence-corrected chi connectivity index (χ0v) is 12.9. The fourth-order valence-corrected chi connectivity index (χ4v) is 2.88. The number of likely N-dealkylation sites (N-methyl/N-ethyl adjacent to an activating group) is 1. The molecule has 1 aliphatic heterocycles. The van der Waals surface area contributed by atoms with E-state index in [-0.39, 0.29) is 5.56 Å². The van der Waals surface area contributed by atoms with Crippen molar-refractivity contribution in [2.75, 3.05) is 32.7 Å². The van der Waals surface area contributed by atoms with Crippen LogP contribution in [-0.2, 0) is 6.54 Å². The van der Waals surface area contributed by atoms with Crippen LogP contribution in [0, 0.1) is 0 Å². The van der Waals surface area contributed by atoms with Crippen molar-refractivity contribution in [1.29, 1.82) is 0 Å². The van der Waals surface area contributed by atoms with Gasteiger partial charge in [-0.2, -0.15) is 0 Å². The number of nitrogens with one attached hydrogen (secondary N) is 1. The molecule has 1 aromatic carbocycles. The van der Waals surface area contributed by atoms with Crippen molar-refractivity contribution in [3.8, 4) is 0 Å². The van der Waals surface area contributed by atoms with Gasteiger partial charge >= 0.3 is 0 Å². The standard InChI is InChI=1S/C15H19ClN4O/c1-2-19-5-7-20(8-6-19)10-14-17-13-9-11(16)3-4-12(13)15(21)18-14/h3-4,9H,2,5-8,10H2,1H3,(H,17,18,21). The van der Waals surface area contributed by atoms with Crippen LogP contribution in [0.5, 0.6) is 0 Å². The Labute approximate surface area is 128 Å². The predicted molar refractivity (Wildman–Crippen MR) is 84.8 cm³/mol. The minimum absolute atomic E-state index is 0.0983. The van der Waals surface area contributed by atoms with Gasteiger partial charge in [-0.25, -0.2) is 4.98 Å². The summed E-state index contributed by atoms with van der Waals surface area (Å²) in [5.41, 5.74) is 0.562. The molecule has 1 aromatic heterocycles. The van der Waals surface area contributed by atoms with Crippen LogP contribution in [-0.4, -0.2) is 52.5 Å². The van der Waals surface area contributed by atoms with E-state index >= 15 is 0 Å². The number of aromatic amines is 1. The van der Waals surface area contributed by atoms with Crippen molar-refractivity contribution in [3.63, 3.8) is 0 Å². The summed E-state index contributed by atoms with van der Waals surface area (Å²) in [7, 11) is 0. The van der Waals surface area contributed by atoms with Crippen LogP contribution >= 0.6 is 11.6 Å². The van der Waals surface area contributed by atoms with Crippen molar-refractivity contribution < 1.29 is 0 Å². The molecular formula is C15H19ClN4O. The second-order valence-corrected chi connectivity index (χ2v) is 5.82. The van der Waals surface area contributed by atoms with E-state index in [9.17, 15) is 4.79 Å². The number of H-pyrrole nitrogens is 1. The van der Waals surface area contributed by atoms with Crippen molar-refractivity contribution >= 4 is 22.5 Å². The van der Waals surface area contributed by atoms with Crippen LogP contribution in [0.2, 0.25) is 5.02 Å². The third-order valence-corrected chi connectivity index (χ3v) is 4.24. The third kappa shape index (κ3) is 3.26. The summed E-state index contributed by atoms with van der Waals surface area (Å²) in [6.45, 7) is 8.10. The fourth-order valence-electron chi connectivity index (χ4n) is 2.71. The first kappa shape index (κ1) is 14.5. The fraction of sp³-hybridized carbons (Fsp3) is 0.467. The van der Waals surface area contributed by atoms with Gasteiger partial charge in [-0.15, -0.1) is 0 Å². The molecule has 0 unspecified atom stereocenters. The molecule has 0 aliphatic carbocycles. The van der Waals surface area contributed by atoms with Crippen LogP contribution in [0.25, 0.3) is 10.9 Å². The Morgan fingerprint density at radius 1 is 1.24 bits per heavy atom. The highest BCUT2D eigenvalue weighted by Gasteiger charge is 2.16. The van der Waals surface area contributed by atoms with Crippen molar-refractivity contribution in [3.05, 3.63) is 39.4 Å². The van der Waals surface area contributed by atoms with Gasteiger partial charge in [0.15, 0.2) is 0 Å². The van der Waals surface area contributed by atoms with Crippen LogP contribution in [0.3, 0.4) is 0 Å². The van der Waals surface area contributed by atoms with Gasteiger partial charge in [-0.05, 0) is 24.7 Å². The second-order valence-electron chi connectivity index (χ2n) is 5.38. The van der Waals surface area contributed by atoms with E-state index in [2.05, 4.69) is 26.7 Å². The number of nitrogens with zero attached hydrogens (tertiary/aromatic N) is 3. The lowest BCUT2D eigenvalue weighted by Gasteiger charge is -2.33. The number of fused-ring (bicyclic) bond motifs is 1. The maximum Gasteiger partial charge on any atom is 0.258 e. The molecular weight excluding hydrogens is 288 g/mol. The Morgan fingerprint density at radius 3 is 2.67 bits per heavy atom. The predicted octanol–water partition coefficient (Wildman–Crippen LogP) is 1.71. The summed E-state index contributed by atoms with van der Waals surface area (Å²) in [5, 5.41) is 1.18. The highest BCUT2D eigenvalue weighted by atomic mass is 35.5. The molecule has 112 valence electrons. The number of hydrogen-bond donors (Lipinski definition) is 1. The number of halogens is 1. The van der Waals surface area contributed by atoms with Gasteiger partial charge in [0.05, 0.1) is 17.4 Å². The lowest BCUT2D eigenvalue weighted by Crippen LogP contribution is -2.45. The molecule has 1 saturated heterocycles. The van der Waals surface area contributed by atoms with E-state index in [4.69, 9.17) is 11.6 Å². The van der Waals surface area contributed by atoms with E-state index in [0.717, 1.165) is 32.7 Å². The number of rotatable bonds is 3. The molecule has 2 aromatic rings. The molecule has 21 heavy (non-hydrogen) atoms. The summed E-state index contributed by atoms with van der Waals surface area (Å²) >= 11 is 5.98. The summed E-state index contributed by atoms with van der Waals surface area (Å²) in [5.74, 6) is 0.708. The topological polar surface area (TPSA) is 52.2 Å². The molecule has 1 fully saturated rings. The lowest BCUT2D eigenvalue weighted by atomic mass is 10.2. The first-order valence-corrected chi connectivity index (χ1v) is 7.66. The van der Waals surface area contributed by atoms with E-state index in [1.165, 1.54) is 0 Å². The molecule has 1 aliphatic rings. The van der Waals surface area contributed by atoms with E-state index in [1.54, 1.807) is 18.2 Å². The number of benzene rings is 1. The average molecular weight is 307 g/mol. The Kier molecular flexibility index (Phi) is 4.24. The summed E-state index contributed by atoms with van der Waals surface area (Å²) in [6.07, 6.45) is 0. The molecule has 0 atom stereocenters. The highest BCUT2D eigenvalue weighted by Crippen LogP contribution is 2.15. The minimum Gasteiger partial charge on any atom is -0.309 e. The molecule has 0 amide bonds. The van der Waals surface area contributed by atoms with Gasteiger partial charge in [0.1, 0.15) is 5.82 Å². The van der Waals surface area contributed by atoms with Gasteiger partial charge in [-0.3, -0.25) is 9.69 Å². The molecule has 5 nitrogen and oxygen atoms in total. The van der Waals surface area contributed by atoms with Gasteiger partial charge in [0.2, 0.25) is 0 Å². The van der Waals surface area contributed by atoms with Gasteiger partial charge in [0, 0.05) is 31.2 Å². The zero-order chi connectivity index (χ0) is 14.8. The minimum atomic E-state index is -0.0983. The molecule has 2 heterocycles. The molecule has 0 bridgehead atoms. The van der Waals surface area contributed by atoms with Crippen molar-refractivity contribution in [1.82, 2.24) is 19.8 Å². The number of piperazine rings is 1. The number of hydrogen-bond acceptors (Lipinski definition) is 4. The SMILES string of the molecule is CCN1CCN(Cc2nc3cc(Cl)ccc3c(=O)[nH]2)CC1. The largest absolute Gasteiger partial charge is 0.309 e.